The van der Waals surface area contributed by atoms with E-state index in [9.17, 15) is 0 Å². The molecule has 3 nitrogen and oxygen atoms in total. The predicted molar refractivity (Wildman–Crippen MR) is 307 cm³/mol. The fraction of sp³-hybridized carbons (Fsp3) is 0.0448. The van der Waals surface area contributed by atoms with Gasteiger partial charge in [-0.2, -0.15) is 0 Å². The zero-order chi connectivity index (χ0) is 47.5. The molecule has 0 N–H and O–H groups in total. The highest BCUT2D eigenvalue weighted by molar-refractivity contribution is 7.16. The molecule has 0 saturated heterocycles. The Morgan fingerprint density at radius 3 is 1.58 bits per heavy atom. The molecule has 0 amide bonds. The van der Waals surface area contributed by atoms with Crippen LogP contribution in [0.5, 0.6) is 0 Å². The molecule has 0 radical (unpaired) electrons. The summed E-state index contributed by atoms with van der Waals surface area (Å²) in [5.74, 6) is 0. The summed E-state index contributed by atoms with van der Waals surface area (Å²) in [6, 6.07) is 81.3. The van der Waals surface area contributed by atoms with Crippen molar-refractivity contribution in [3.8, 4) is 16.8 Å². The summed E-state index contributed by atoms with van der Waals surface area (Å²) in [7, 11) is -2.67. The SMILES string of the molecule is C=Cc1c(C=CC)n2c3ccccc3c3cc(N(c4ccc(-c5ccc(-n6c7ccccc7c7ccccc76)cc5)cc4)c4ccc([Si](C5=CC=CCC5)(c5ccccc5)c5ccccc5)cc4)cc1c32. The molecule has 13 rings (SSSR count). The van der Waals surface area contributed by atoms with Crippen LogP contribution in [0.2, 0.25) is 0 Å². The third kappa shape index (κ3) is 6.70. The van der Waals surface area contributed by atoms with E-state index in [2.05, 4.69) is 276 Å². The van der Waals surface area contributed by atoms with Crippen LogP contribution in [0.15, 0.2) is 254 Å². The van der Waals surface area contributed by atoms with E-state index in [1.807, 2.05) is 6.08 Å². The summed E-state index contributed by atoms with van der Waals surface area (Å²) >= 11 is 0. The van der Waals surface area contributed by atoms with Crippen LogP contribution < -0.4 is 20.5 Å². The minimum absolute atomic E-state index is 1.04. The number of hydrogen-bond donors (Lipinski definition) is 0. The molecular formula is C67H51N3Si. The van der Waals surface area contributed by atoms with Crippen molar-refractivity contribution in [2.24, 2.45) is 0 Å². The highest BCUT2D eigenvalue weighted by Gasteiger charge is 2.43. The standard InChI is InChI=1S/C67H51N3Si/c1-3-20-63-57(4-2)61-45-52(46-62-60-29-16-19-32-66(60)70(63)67(61)62)68(50-41-43-56(44-42-50)71(53-21-8-5-9-22-53,54-23-10-6-11-24-54)55-25-12-7-13-26-55)49-37-33-47(34-38-49)48-35-39-51(40-36-48)69-64-30-17-14-27-58(64)59-28-15-18-31-65(59)69/h3-12,14-25,27-46H,2,13,26H2,1H3. The van der Waals surface area contributed by atoms with Crippen LogP contribution in [0.25, 0.3) is 78.0 Å². The van der Waals surface area contributed by atoms with Crippen molar-refractivity contribution in [3.05, 3.63) is 266 Å². The van der Waals surface area contributed by atoms with Gasteiger partial charge >= 0.3 is 0 Å². The minimum Gasteiger partial charge on any atom is -0.310 e. The van der Waals surface area contributed by atoms with Gasteiger partial charge in [0.15, 0.2) is 8.07 Å². The normalized spacial score (nSPS) is 13.1. The molecule has 4 heteroatoms. The van der Waals surface area contributed by atoms with Crippen LogP contribution in [0.4, 0.5) is 17.1 Å². The summed E-state index contributed by atoms with van der Waals surface area (Å²) in [6.45, 7) is 6.47. The van der Waals surface area contributed by atoms with Crippen LogP contribution in [-0.2, 0) is 0 Å². The van der Waals surface area contributed by atoms with Crippen LogP contribution >= 0.6 is 0 Å². The number of benzene rings is 9. The second kappa shape index (κ2) is 17.4. The summed E-state index contributed by atoms with van der Waals surface area (Å²) in [5.41, 5.74) is 13.9. The molecule has 3 aromatic heterocycles. The van der Waals surface area contributed by atoms with Crippen molar-refractivity contribution in [1.82, 2.24) is 8.97 Å². The fourth-order valence-corrected chi connectivity index (χ4v) is 17.0. The monoisotopic (exact) mass is 925 g/mol. The molecule has 12 aromatic rings. The smallest absolute Gasteiger partial charge is 0.175 e. The van der Waals surface area contributed by atoms with E-state index >= 15 is 0 Å². The first-order chi connectivity index (χ1) is 35.1. The molecule has 9 aromatic carbocycles. The molecule has 0 fully saturated rings. The van der Waals surface area contributed by atoms with E-state index in [0.717, 1.165) is 46.8 Å². The Balaban J connectivity index is 0.972. The Morgan fingerprint density at radius 1 is 0.507 bits per heavy atom. The molecule has 3 heterocycles. The number of hydrogen-bond acceptors (Lipinski definition) is 1. The Kier molecular flexibility index (Phi) is 10.4. The highest BCUT2D eigenvalue weighted by Crippen LogP contribution is 2.45. The minimum atomic E-state index is -2.67. The molecule has 338 valence electrons. The quantitative estimate of drug-likeness (QED) is 0.0930. The largest absolute Gasteiger partial charge is 0.310 e. The summed E-state index contributed by atoms with van der Waals surface area (Å²) in [5, 5.41) is 11.9. The predicted octanol–water partition coefficient (Wildman–Crippen LogP) is 15.9. The molecule has 1 aliphatic rings. The van der Waals surface area contributed by atoms with Crippen molar-refractivity contribution >= 4 is 102 Å². The van der Waals surface area contributed by atoms with Gasteiger partial charge in [0.2, 0.25) is 0 Å². The maximum absolute atomic E-state index is 4.38. The number of fused-ring (bicyclic) bond motifs is 6. The number of anilines is 3. The fourth-order valence-electron chi connectivity index (χ4n) is 11.9. The molecule has 0 saturated carbocycles. The van der Waals surface area contributed by atoms with E-state index in [1.54, 1.807) is 0 Å². The molecule has 0 bridgehead atoms. The van der Waals surface area contributed by atoms with Gasteiger partial charge in [0.05, 0.1) is 27.8 Å². The van der Waals surface area contributed by atoms with E-state index in [0.29, 0.717) is 0 Å². The number of aromatic nitrogens is 2. The second-order valence-electron chi connectivity index (χ2n) is 18.7. The first-order valence-electron chi connectivity index (χ1n) is 24.8. The van der Waals surface area contributed by atoms with Gasteiger partial charge < -0.3 is 13.9 Å². The van der Waals surface area contributed by atoms with Crippen molar-refractivity contribution < 1.29 is 0 Å². The average Bonchev–Trinajstić information content (AvgIpc) is 4.07. The zero-order valence-corrected chi connectivity index (χ0v) is 40.7. The third-order valence-electron chi connectivity index (χ3n) is 15.0. The highest BCUT2D eigenvalue weighted by atomic mass is 28.3. The molecule has 0 unspecified atom stereocenters. The molecule has 0 spiro atoms. The Morgan fingerprint density at radius 2 is 1.01 bits per heavy atom. The van der Waals surface area contributed by atoms with E-state index < -0.39 is 8.07 Å². The van der Waals surface area contributed by atoms with Gasteiger partial charge in [-0.15, -0.1) is 0 Å². The summed E-state index contributed by atoms with van der Waals surface area (Å²) in [6.07, 6.45) is 15.5. The molecule has 0 atom stereocenters. The van der Waals surface area contributed by atoms with Crippen LogP contribution in [-0.4, -0.2) is 17.0 Å². The van der Waals surface area contributed by atoms with E-state index in [1.165, 1.54) is 80.9 Å². The molecule has 71 heavy (non-hydrogen) atoms. The number of para-hydroxylation sites is 3. The third-order valence-corrected chi connectivity index (χ3v) is 20.0. The average molecular weight is 926 g/mol. The topological polar surface area (TPSA) is 12.6 Å². The molecule has 0 aliphatic heterocycles. The second-order valence-corrected chi connectivity index (χ2v) is 22.6. The van der Waals surface area contributed by atoms with Gasteiger partial charge in [-0.05, 0) is 119 Å². The van der Waals surface area contributed by atoms with E-state index in [4.69, 9.17) is 0 Å². The Labute approximate surface area is 415 Å². The lowest BCUT2D eigenvalue weighted by atomic mass is 10.0. The zero-order valence-electron chi connectivity index (χ0n) is 39.7. The summed E-state index contributed by atoms with van der Waals surface area (Å²) in [4.78, 5) is 2.45. The van der Waals surface area contributed by atoms with Gasteiger partial charge in [0, 0.05) is 55.2 Å². The van der Waals surface area contributed by atoms with Gasteiger partial charge in [-0.3, -0.25) is 0 Å². The maximum atomic E-state index is 4.38. The van der Waals surface area contributed by atoms with Crippen LogP contribution in [0.3, 0.4) is 0 Å². The number of rotatable bonds is 11. The van der Waals surface area contributed by atoms with Gasteiger partial charge in [-0.1, -0.05) is 194 Å². The number of allylic oxidation sites excluding steroid dienone is 5. The van der Waals surface area contributed by atoms with Crippen LogP contribution in [0.1, 0.15) is 31.0 Å². The van der Waals surface area contributed by atoms with Crippen molar-refractivity contribution in [2.75, 3.05) is 4.90 Å². The van der Waals surface area contributed by atoms with Crippen LogP contribution in [0, 0.1) is 0 Å². The Bertz CT molecular complexity index is 3950. The van der Waals surface area contributed by atoms with Crippen molar-refractivity contribution in [3.63, 3.8) is 0 Å². The van der Waals surface area contributed by atoms with Crippen molar-refractivity contribution in [2.45, 2.75) is 19.8 Å². The summed E-state index contributed by atoms with van der Waals surface area (Å²) < 4.78 is 4.80. The Hall–Kier alpha value is -8.70. The number of nitrogens with zero attached hydrogens (tertiary/aromatic N) is 3. The van der Waals surface area contributed by atoms with Crippen molar-refractivity contribution in [1.29, 1.82) is 0 Å². The first kappa shape index (κ1) is 42.4. The molecule has 1 aliphatic carbocycles. The lowest BCUT2D eigenvalue weighted by Crippen LogP contribution is -2.68. The lowest BCUT2D eigenvalue weighted by Gasteiger charge is -2.37. The van der Waals surface area contributed by atoms with Gasteiger partial charge in [0.1, 0.15) is 0 Å². The van der Waals surface area contributed by atoms with Gasteiger partial charge in [0.25, 0.3) is 0 Å². The van der Waals surface area contributed by atoms with Gasteiger partial charge in [-0.25, -0.2) is 0 Å². The first-order valence-corrected chi connectivity index (χ1v) is 26.8. The lowest BCUT2D eigenvalue weighted by molar-refractivity contribution is 1.01. The molecular weight excluding hydrogens is 875 g/mol. The van der Waals surface area contributed by atoms with E-state index in [-0.39, 0.29) is 0 Å². The maximum Gasteiger partial charge on any atom is 0.175 e.